The van der Waals surface area contributed by atoms with Crippen LogP contribution in [0.1, 0.15) is 16.7 Å². The molecule has 0 amide bonds. The van der Waals surface area contributed by atoms with Crippen LogP contribution in [0.25, 0.3) is 5.57 Å². The molecule has 0 saturated heterocycles. The number of benzene rings is 1. The summed E-state index contributed by atoms with van der Waals surface area (Å²) in [5.74, 6) is 0.865. The smallest absolute Gasteiger partial charge is 0.131 e. The first-order valence-electron chi connectivity index (χ1n) is 4.57. The Morgan fingerprint density at radius 3 is 2.71 bits per heavy atom. The summed E-state index contributed by atoms with van der Waals surface area (Å²) in [6.45, 7) is 4.50. The molecule has 1 aromatic rings. The fourth-order valence-corrected chi connectivity index (χ4v) is 1.72. The molecule has 14 heavy (non-hydrogen) atoms. The van der Waals surface area contributed by atoms with Crippen molar-refractivity contribution in [1.29, 1.82) is 5.26 Å². The lowest BCUT2D eigenvalue weighted by Gasteiger charge is -2.18. The second kappa shape index (κ2) is 3.19. The Hall–Kier alpha value is -1.75. The van der Waals surface area contributed by atoms with Crippen molar-refractivity contribution in [2.24, 2.45) is 0 Å². The highest BCUT2D eigenvalue weighted by atomic mass is 16.5. The molecule has 0 fully saturated rings. The summed E-state index contributed by atoms with van der Waals surface area (Å²) in [5, 5.41) is 8.98. The van der Waals surface area contributed by atoms with Crippen LogP contribution in [0.5, 0.6) is 5.75 Å². The van der Waals surface area contributed by atoms with Crippen molar-refractivity contribution >= 4 is 5.57 Å². The van der Waals surface area contributed by atoms with Gasteiger partial charge in [0.1, 0.15) is 12.4 Å². The van der Waals surface area contributed by atoms with E-state index in [2.05, 4.69) is 6.07 Å². The molecule has 2 rings (SSSR count). The average Bonchev–Trinajstić information content (AvgIpc) is 2.23. The van der Waals surface area contributed by atoms with E-state index in [1.807, 2.05) is 32.1 Å². The van der Waals surface area contributed by atoms with Gasteiger partial charge in [-0.3, -0.25) is 0 Å². The Labute approximate surface area is 83.4 Å². The van der Waals surface area contributed by atoms with Crippen molar-refractivity contribution in [3.8, 4) is 11.8 Å². The van der Waals surface area contributed by atoms with Gasteiger partial charge in [0, 0.05) is 5.56 Å². The standard InChI is InChI=1S/C12H11NO/c1-8-3-4-9(2)12-11(8)10(7-13)5-6-14-12/h3-5H,6H2,1-2H3. The topological polar surface area (TPSA) is 33.0 Å². The van der Waals surface area contributed by atoms with Crippen LogP contribution >= 0.6 is 0 Å². The summed E-state index contributed by atoms with van der Waals surface area (Å²) in [5.41, 5.74) is 3.87. The lowest BCUT2D eigenvalue weighted by Crippen LogP contribution is -2.06. The zero-order valence-corrected chi connectivity index (χ0v) is 8.29. The van der Waals surface area contributed by atoms with Crippen molar-refractivity contribution in [3.05, 3.63) is 34.9 Å². The zero-order valence-electron chi connectivity index (χ0n) is 8.29. The summed E-state index contributed by atoms with van der Waals surface area (Å²) < 4.78 is 5.54. The predicted octanol–water partition coefficient (Wildman–Crippen LogP) is 2.60. The summed E-state index contributed by atoms with van der Waals surface area (Å²) >= 11 is 0. The first-order valence-corrected chi connectivity index (χ1v) is 4.57. The fourth-order valence-electron chi connectivity index (χ4n) is 1.72. The largest absolute Gasteiger partial charge is 0.489 e. The maximum atomic E-state index is 8.98. The third-order valence-electron chi connectivity index (χ3n) is 2.47. The molecule has 1 heterocycles. The first kappa shape index (κ1) is 8.83. The van der Waals surface area contributed by atoms with Crippen LogP contribution in [0.4, 0.5) is 0 Å². The van der Waals surface area contributed by atoms with E-state index in [9.17, 15) is 0 Å². The lowest BCUT2D eigenvalue weighted by molar-refractivity contribution is 0.355. The number of nitriles is 1. The third kappa shape index (κ3) is 1.18. The molecular formula is C12H11NO. The molecule has 70 valence electrons. The van der Waals surface area contributed by atoms with Crippen molar-refractivity contribution in [1.82, 2.24) is 0 Å². The second-order valence-corrected chi connectivity index (χ2v) is 3.44. The Bertz CT molecular complexity index is 452. The molecule has 1 aliphatic heterocycles. The van der Waals surface area contributed by atoms with Crippen molar-refractivity contribution in [3.63, 3.8) is 0 Å². The normalized spacial score (nSPS) is 13.6. The number of rotatable bonds is 0. The molecule has 0 atom stereocenters. The Kier molecular flexibility index (Phi) is 2.01. The molecule has 0 aliphatic carbocycles. The van der Waals surface area contributed by atoms with Crippen LogP contribution in [-0.2, 0) is 0 Å². The minimum absolute atomic E-state index is 0.500. The molecule has 0 spiro atoms. The first-order chi connectivity index (χ1) is 6.74. The molecule has 0 radical (unpaired) electrons. The highest BCUT2D eigenvalue weighted by Gasteiger charge is 2.17. The van der Waals surface area contributed by atoms with Gasteiger partial charge in [-0.2, -0.15) is 5.26 Å². The van der Waals surface area contributed by atoms with Crippen molar-refractivity contribution < 1.29 is 4.74 Å². The summed E-state index contributed by atoms with van der Waals surface area (Å²) in [7, 11) is 0. The van der Waals surface area contributed by atoms with E-state index < -0.39 is 0 Å². The van der Waals surface area contributed by atoms with E-state index in [1.54, 1.807) is 0 Å². The van der Waals surface area contributed by atoms with Crippen LogP contribution in [0, 0.1) is 25.2 Å². The van der Waals surface area contributed by atoms with E-state index in [0.717, 1.165) is 28.0 Å². The number of allylic oxidation sites excluding steroid dienone is 1. The molecule has 0 aromatic heterocycles. The molecule has 0 bridgehead atoms. The number of ether oxygens (including phenoxy) is 1. The minimum atomic E-state index is 0.500. The molecule has 0 saturated carbocycles. The van der Waals surface area contributed by atoms with Gasteiger partial charge in [-0.15, -0.1) is 0 Å². The van der Waals surface area contributed by atoms with E-state index in [1.165, 1.54) is 0 Å². The van der Waals surface area contributed by atoms with Crippen LogP contribution < -0.4 is 4.74 Å². The van der Waals surface area contributed by atoms with E-state index in [0.29, 0.717) is 6.61 Å². The van der Waals surface area contributed by atoms with Crippen molar-refractivity contribution in [2.75, 3.05) is 6.61 Å². The Balaban J connectivity index is 2.72. The maximum Gasteiger partial charge on any atom is 0.131 e. The number of aryl methyl sites for hydroxylation is 2. The van der Waals surface area contributed by atoms with Gasteiger partial charge >= 0.3 is 0 Å². The van der Waals surface area contributed by atoms with Crippen molar-refractivity contribution in [2.45, 2.75) is 13.8 Å². The van der Waals surface area contributed by atoms with Gasteiger partial charge < -0.3 is 4.74 Å². The summed E-state index contributed by atoms with van der Waals surface area (Å²) in [4.78, 5) is 0. The number of fused-ring (bicyclic) bond motifs is 1. The molecule has 2 heteroatoms. The molecular weight excluding hydrogens is 174 g/mol. The van der Waals surface area contributed by atoms with Crippen LogP contribution in [0.2, 0.25) is 0 Å². The average molecular weight is 185 g/mol. The van der Waals surface area contributed by atoms with E-state index >= 15 is 0 Å². The third-order valence-corrected chi connectivity index (χ3v) is 2.47. The Morgan fingerprint density at radius 2 is 2.00 bits per heavy atom. The maximum absolute atomic E-state index is 8.98. The van der Waals surface area contributed by atoms with Gasteiger partial charge in [0.2, 0.25) is 0 Å². The number of nitrogens with zero attached hydrogens (tertiary/aromatic N) is 1. The van der Waals surface area contributed by atoms with Crippen LogP contribution in [0.15, 0.2) is 18.2 Å². The summed E-state index contributed by atoms with van der Waals surface area (Å²) in [6.07, 6.45) is 1.83. The SMILES string of the molecule is Cc1ccc(C)c2c1OCC=C2C#N. The van der Waals surface area contributed by atoms with Crippen LogP contribution in [0.3, 0.4) is 0 Å². The molecule has 1 aromatic carbocycles. The second-order valence-electron chi connectivity index (χ2n) is 3.44. The van der Waals surface area contributed by atoms with Gasteiger partial charge in [-0.1, -0.05) is 12.1 Å². The fraction of sp³-hybridized carbons (Fsp3) is 0.250. The van der Waals surface area contributed by atoms with Gasteiger partial charge in [0.15, 0.2) is 0 Å². The highest BCUT2D eigenvalue weighted by Crippen LogP contribution is 2.34. The van der Waals surface area contributed by atoms with Gasteiger partial charge in [0.05, 0.1) is 11.6 Å². The summed E-state index contributed by atoms with van der Waals surface area (Å²) in [6, 6.07) is 6.25. The number of hydrogen-bond acceptors (Lipinski definition) is 2. The predicted molar refractivity (Wildman–Crippen MR) is 55.0 cm³/mol. The molecule has 1 aliphatic rings. The number of hydrogen-bond donors (Lipinski definition) is 0. The van der Waals surface area contributed by atoms with Gasteiger partial charge in [0.25, 0.3) is 0 Å². The van der Waals surface area contributed by atoms with Crippen LogP contribution in [-0.4, -0.2) is 6.61 Å². The quantitative estimate of drug-likeness (QED) is 0.622. The Morgan fingerprint density at radius 1 is 1.29 bits per heavy atom. The van der Waals surface area contributed by atoms with Gasteiger partial charge in [-0.25, -0.2) is 0 Å². The van der Waals surface area contributed by atoms with E-state index in [-0.39, 0.29) is 0 Å². The molecule has 0 N–H and O–H groups in total. The molecule has 2 nitrogen and oxygen atoms in total. The highest BCUT2D eigenvalue weighted by molar-refractivity contribution is 5.83. The minimum Gasteiger partial charge on any atom is -0.489 e. The van der Waals surface area contributed by atoms with E-state index in [4.69, 9.17) is 10.00 Å². The van der Waals surface area contributed by atoms with Gasteiger partial charge in [-0.05, 0) is 31.1 Å². The monoisotopic (exact) mass is 185 g/mol. The molecule has 0 unspecified atom stereocenters. The lowest BCUT2D eigenvalue weighted by atomic mass is 9.96. The zero-order chi connectivity index (χ0) is 10.1.